The van der Waals surface area contributed by atoms with E-state index in [1.807, 2.05) is 0 Å². The molecule has 1 saturated heterocycles. The lowest BCUT2D eigenvalue weighted by atomic mass is 10.0. The molecule has 15 heavy (non-hydrogen) atoms. The van der Waals surface area contributed by atoms with Crippen molar-refractivity contribution in [1.82, 2.24) is 10.2 Å². The number of piperidine rings is 1. The zero-order chi connectivity index (χ0) is 11.5. The summed E-state index contributed by atoms with van der Waals surface area (Å²) in [6.07, 6.45) is -2.27. The first kappa shape index (κ1) is 12.8. The minimum atomic E-state index is -4.10. The Balaban J connectivity index is 2.30. The number of rotatable bonds is 3. The van der Waals surface area contributed by atoms with E-state index >= 15 is 0 Å². The normalized spacial score (nSPS) is 24.8. The van der Waals surface area contributed by atoms with Crippen LogP contribution in [0, 0.1) is 0 Å². The fraction of sp³-hybridized carbons (Fsp3) is 1.00. The molecular formula is C10H19F3N2. The predicted molar refractivity (Wildman–Crippen MR) is 53.8 cm³/mol. The molecule has 1 aliphatic rings. The summed E-state index contributed by atoms with van der Waals surface area (Å²) in [5, 5.41) is 2.58. The molecule has 1 N–H and O–H groups in total. The van der Waals surface area contributed by atoms with Gasteiger partial charge >= 0.3 is 6.18 Å². The van der Waals surface area contributed by atoms with Crippen molar-refractivity contribution in [2.45, 2.75) is 44.9 Å². The maximum Gasteiger partial charge on any atom is 0.401 e. The van der Waals surface area contributed by atoms with Crippen LogP contribution in [0.5, 0.6) is 0 Å². The van der Waals surface area contributed by atoms with E-state index in [-0.39, 0.29) is 6.04 Å². The van der Waals surface area contributed by atoms with Crippen molar-refractivity contribution in [3.8, 4) is 0 Å². The van der Waals surface area contributed by atoms with E-state index in [0.717, 1.165) is 25.9 Å². The molecule has 1 heterocycles. The van der Waals surface area contributed by atoms with Crippen molar-refractivity contribution >= 4 is 0 Å². The van der Waals surface area contributed by atoms with Gasteiger partial charge in [0.05, 0.1) is 6.54 Å². The topological polar surface area (TPSA) is 15.3 Å². The molecule has 1 unspecified atom stereocenters. The highest BCUT2D eigenvalue weighted by molar-refractivity contribution is 4.80. The van der Waals surface area contributed by atoms with Crippen LogP contribution in [0.4, 0.5) is 13.2 Å². The van der Waals surface area contributed by atoms with Gasteiger partial charge in [0.15, 0.2) is 0 Å². The van der Waals surface area contributed by atoms with Gasteiger partial charge in [-0.15, -0.1) is 0 Å². The van der Waals surface area contributed by atoms with Crippen molar-refractivity contribution in [3.05, 3.63) is 0 Å². The van der Waals surface area contributed by atoms with Gasteiger partial charge < -0.3 is 5.32 Å². The van der Waals surface area contributed by atoms with Crippen molar-refractivity contribution in [2.24, 2.45) is 0 Å². The van der Waals surface area contributed by atoms with Gasteiger partial charge in [-0.05, 0) is 33.2 Å². The van der Waals surface area contributed by atoms with E-state index in [1.54, 1.807) is 0 Å². The Morgan fingerprint density at radius 3 is 2.60 bits per heavy atom. The Hall–Kier alpha value is -0.290. The third-order valence-electron chi connectivity index (χ3n) is 2.77. The van der Waals surface area contributed by atoms with Crippen molar-refractivity contribution in [1.29, 1.82) is 0 Å². The molecule has 5 heteroatoms. The molecule has 90 valence electrons. The van der Waals surface area contributed by atoms with Gasteiger partial charge in [0, 0.05) is 18.6 Å². The van der Waals surface area contributed by atoms with Gasteiger partial charge in [0.2, 0.25) is 0 Å². The highest BCUT2D eigenvalue weighted by atomic mass is 19.4. The number of likely N-dealkylation sites (tertiary alicyclic amines) is 1. The molecular weight excluding hydrogens is 205 g/mol. The van der Waals surface area contributed by atoms with Crippen LogP contribution < -0.4 is 5.32 Å². The average molecular weight is 224 g/mol. The molecule has 0 saturated carbocycles. The maximum atomic E-state index is 12.0. The molecule has 0 spiro atoms. The molecule has 0 aromatic heterocycles. The Morgan fingerprint density at radius 2 is 2.07 bits per heavy atom. The van der Waals surface area contributed by atoms with Crippen LogP contribution in [0.1, 0.15) is 26.7 Å². The van der Waals surface area contributed by atoms with Crippen LogP contribution in [0.3, 0.4) is 0 Å². The average Bonchev–Trinajstić information content (AvgIpc) is 2.14. The summed E-state index contributed by atoms with van der Waals surface area (Å²) < 4.78 is 36.0. The molecule has 2 nitrogen and oxygen atoms in total. The van der Waals surface area contributed by atoms with Gasteiger partial charge in [0.25, 0.3) is 0 Å². The number of hydrogen-bond donors (Lipinski definition) is 1. The number of nitrogens with one attached hydrogen (secondary N) is 1. The zero-order valence-corrected chi connectivity index (χ0v) is 9.27. The van der Waals surface area contributed by atoms with Gasteiger partial charge in [-0.1, -0.05) is 0 Å². The van der Waals surface area contributed by atoms with Gasteiger partial charge in [0.1, 0.15) is 0 Å². The molecule has 0 aromatic rings. The quantitative estimate of drug-likeness (QED) is 0.789. The van der Waals surface area contributed by atoms with Crippen LogP contribution in [0.2, 0.25) is 0 Å². The van der Waals surface area contributed by atoms with Crippen LogP contribution >= 0.6 is 0 Å². The molecule has 0 aromatic carbocycles. The number of hydrogen-bond acceptors (Lipinski definition) is 2. The molecule has 1 aliphatic heterocycles. The summed E-state index contributed by atoms with van der Waals surface area (Å²) in [7, 11) is 0. The lowest BCUT2D eigenvalue weighted by Crippen LogP contribution is -2.50. The van der Waals surface area contributed by atoms with Crippen LogP contribution in [-0.4, -0.2) is 42.8 Å². The molecule has 0 amide bonds. The predicted octanol–water partition coefficient (Wildman–Crippen LogP) is 2.01. The second-order valence-electron chi connectivity index (χ2n) is 4.42. The van der Waals surface area contributed by atoms with Crippen LogP contribution in [0.15, 0.2) is 0 Å². The number of alkyl halides is 3. The van der Waals surface area contributed by atoms with E-state index in [4.69, 9.17) is 0 Å². The minimum Gasteiger partial charge on any atom is -0.305 e. The van der Waals surface area contributed by atoms with E-state index in [2.05, 4.69) is 24.1 Å². The van der Waals surface area contributed by atoms with E-state index in [9.17, 15) is 13.2 Å². The van der Waals surface area contributed by atoms with E-state index in [0.29, 0.717) is 6.04 Å². The number of halogens is 3. The summed E-state index contributed by atoms with van der Waals surface area (Å²) in [4.78, 5) is 2.22. The summed E-state index contributed by atoms with van der Waals surface area (Å²) in [6.45, 7) is 5.01. The molecule has 1 rings (SSSR count). The highest BCUT2D eigenvalue weighted by Crippen LogP contribution is 2.16. The molecule has 1 atom stereocenters. The van der Waals surface area contributed by atoms with Gasteiger partial charge in [-0.25, -0.2) is 0 Å². The first-order valence-corrected chi connectivity index (χ1v) is 5.42. The molecule has 0 radical (unpaired) electrons. The maximum absolute atomic E-state index is 12.0. The largest absolute Gasteiger partial charge is 0.401 e. The Morgan fingerprint density at radius 1 is 1.40 bits per heavy atom. The van der Waals surface area contributed by atoms with Crippen molar-refractivity contribution in [3.63, 3.8) is 0 Å². The summed E-state index contributed by atoms with van der Waals surface area (Å²) in [5.41, 5.74) is 0. The first-order valence-electron chi connectivity index (χ1n) is 5.42. The molecule has 1 fully saturated rings. The first-order chi connectivity index (χ1) is 6.88. The lowest BCUT2D eigenvalue weighted by molar-refractivity contribution is -0.127. The third kappa shape index (κ3) is 4.84. The molecule has 0 bridgehead atoms. The molecule has 0 aliphatic carbocycles. The fourth-order valence-electron chi connectivity index (χ4n) is 1.90. The van der Waals surface area contributed by atoms with E-state index in [1.165, 1.54) is 0 Å². The Labute approximate surface area is 88.8 Å². The van der Waals surface area contributed by atoms with Gasteiger partial charge in [-0.2, -0.15) is 13.2 Å². The van der Waals surface area contributed by atoms with E-state index < -0.39 is 12.7 Å². The third-order valence-corrected chi connectivity index (χ3v) is 2.77. The Bertz CT molecular complexity index is 192. The standard InChI is InChI=1S/C10H19F3N2/c1-8(2)15-5-3-4-9(6-15)14-7-10(11,12)13/h8-9,14H,3-7H2,1-2H3. The minimum absolute atomic E-state index is 0.0113. The monoisotopic (exact) mass is 224 g/mol. The van der Waals surface area contributed by atoms with Crippen LogP contribution in [-0.2, 0) is 0 Å². The van der Waals surface area contributed by atoms with Crippen LogP contribution in [0.25, 0.3) is 0 Å². The second kappa shape index (κ2) is 5.16. The van der Waals surface area contributed by atoms with Crippen molar-refractivity contribution < 1.29 is 13.2 Å². The Kier molecular flexibility index (Phi) is 4.40. The highest BCUT2D eigenvalue weighted by Gasteiger charge is 2.29. The summed E-state index contributed by atoms with van der Waals surface area (Å²) >= 11 is 0. The fourth-order valence-corrected chi connectivity index (χ4v) is 1.90. The van der Waals surface area contributed by atoms with Crippen molar-refractivity contribution in [2.75, 3.05) is 19.6 Å². The number of nitrogens with zero attached hydrogens (tertiary/aromatic N) is 1. The lowest BCUT2D eigenvalue weighted by Gasteiger charge is -2.36. The SMILES string of the molecule is CC(C)N1CCCC(NCC(F)(F)F)C1. The summed E-state index contributed by atoms with van der Waals surface area (Å²) in [6, 6.07) is 0.406. The van der Waals surface area contributed by atoms with Gasteiger partial charge in [-0.3, -0.25) is 4.90 Å². The summed E-state index contributed by atoms with van der Waals surface area (Å²) in [5.74, 6) is 0. The zero-order valence-electron chi connectivity index (χ0n) is 9.27. The second-order valence-corrected chi connectivity index (χ2v) is 4.42. The smallest absolute Gasteiger partial charge is 0.305 e.